The van der Waals surface area contributed by atoms with Crippen LogP contribution in [-0.2, 0) is 6.54 Å². The summed E-state index contributed by atoms with van der Waals surface area (Å²) in [6.07, 6.45) is 12.0. The third kappa shape index (κ3) is 3.73. The zero-order valence-electron chi connectivity index (χ0n) is 11.9. The number of halogens is 1. The summed E-state index contributed by atoms with van der Waals surface area (Å²) < 4.78 is 2.01. The summed E-state index contributed by atoms with van der Waals surface area (Å²) in [6.45, 7) is 3.06. The van der Waals surface area contributed by atoms with Gasteiger partial charge in [-0.2, -0.15) is 5.10 Å². The minimum Gasteiger partial charge on any atom is -0.322 e. The molecule has 1 saturated carbocycles. The first-order chi connectivity index (χ1) is 9.24. The normalized spacial score (nSPS) is 19.9. The number of aryl methyl sites for hydroxylation is 1. The van der Waals surface area contributed by atoms with Crippen LogP contribution < -0.4 is 5.73 Å². The molecule has 1 unspecified atom stereocenters. The second-order valence-corrected chi connectivity index (χ2v) is 6.14. The summed E-state index contributed by atoms with van der Waals surface area (Å²) in [5.41, 5.74) is 7.57. The molecule has 3 nitrogen and oxygen atoms in total. The van der Waals surface area contributed by atoms with Crippen LogP contribution >= 0.6 is 11.6 Å². The van der Waals surface area contributed by atoms with E-state index in [0.29, 0.717) is 5.92 Å². The number of nitrogens with two attached hydrogens (primary N) is 1. The van der Waals surface area contributed by atoms with E-state index >= 15 is 0 Å². The molecule has 0 aromatic carbocycles. The fourth-order valence-corrected chi connectivity index (χ4v) is 3.43. The van der Waals surface area contributed by atoms with E-state index in [9.17, 15) is 0 Å². The van der Waals surface area contributed by atoms with E-state index in [4.69, 9.17) is 17.3 Å². The first-order valence-corrected chi connectivity index (χ1v) is 8.08. The Kier molecular flexibility index (Phi) is 5.71. The highest BCUT2D eigenvalue weighted by Gasteiger charge is 2.25. The van der Waals surface area contributed by atoms with Crippen molar-refractivity contribution in [1.82, 2.24) is 9.78 Å². The fraction of sp³-hybridized carbons (Fsp3) is 0.800. The third-order valence-electron chi connectivity index (χ3n) is 4.24. The minimum absolute atomic E-state index is 0.0413. The van der Waals surface area contributed by atoms with E-state index in [-0.39, 0.29) is 6.04 Å². The largest absolute Gasteiger partial charge is 0.322 e. The van der Waals surface area contributed by atoms with Crippen LogP contribution in [0.1, 0.15) is 70.0 Å². The van der Waals surface area contributed by atoms with Gasteiger partial charge in [-0.3, -0.25) is 4.68 Å². The molecule has 19 heavy (non-hydrogen) atoms. The first kappa shape index (κ1) is 14.9. The van der Waals surface area contributed by atoms with Crippen LogP contribution in [0.4, 0.5) is 0 Å². The van der Waals surface area contributed by atoms with Gasteiger partial charge >= 0.3 is 0 Å². The van der Waals surface area contributed by atoms with Gasteiger partial charge < -0.3 is 5.73 Å². The zero-order valence-corrected chi connectivity index (χ0v) is 12.7. The fourth-order valence-electron chi connectivity index (χ4n) is 3.16. The lowest BCUT2D eigenvalue weighted by Gasteiger charge is -2.26. The molecule has 0 saturated heterocycles. The van der Waals surface area contributed by atoms with Gasteiger partial charge in [0.25, 0.3) is 0 Å². The number of rotatable bonds is 4. The summed E-state index contributed by atoms with van der Waals surface area (Å²) in [5.74, 6) is 0.560. The molecule has 2 rings (SSSR count). The Morgan fingerprint density at radius 1 is 1.32 bits per heavy atom. The van der Waals surface area contributed by atoms with Gasteiger partial charge in [-0.25, -0.2) is 0 Å². The Balaban J connectivity index is 2.12. The predicted molar refractivity (Wildman–Crippen MR) is 80.3 cm³/mol. The minimum atomic E-state index is 0.0413. The van der Waals surface area contributed by atoms with E-state index in [2.05, 4.69) is 12.0 Å². The molecule has 0 spiro atoms. The number of hydrogen-bond acceptors (Lipinski definition) is 2. The summed E-state index contributed by atoms with van der Waals surface area (Å²) in [6, 6.07) is 0.0413. The highest BCUT2D eigenvalue weighted by molar-refractivity contribution is 6.31. The topological polar surface area (TPSA) is 43.8 Å². The molecule has 1 aromatic heterocycles. The first-order valence-electron chi connectivity index (χ1n) is 7.70. The lowest BCUT2D eigenvalue weighted by Crippen LogP contribution is -2.25. The van der Waals surface area contributed by atoms with Crippen molar-refractivity contribution in [2.45, 2.75) is 70.9 Å². The van der Waals surface area contributed by atoms with Gasteiger partial charge in [-0.1, -0.05) is 50.6 Å². The summed E-state index contributed by atoms with van der Waals surface area (Å²) in [5, 5.41) is 5.11. The van der Waals surface area contributed by atoms with Crippen LogP contribution in [0, 0.1) is 5.92 Å². The van der Waals surface area contributed by atoms with Gasteiger partial charge in [0.05, 0.1) is 23.0 Å². The van der Waals surface area contributed by atoms with E-state index in [0.717, 1.165) is 23.7 Å². The summed E-state index contributed by atoms with van der Waals surface area (Å²) in [7, 11) is 0. The van der Waals surface area contributed by atoms with Gasteiger partial charge in [0.1, 0.15) is 0 Å². The number of nitrogens with zero attached hydrogens (tertiary/aromatic N) is 2. The smallest absolute Gasteiger partial charge is 0.0834 e. The molecule has 4 heteroatoms. The van der Waals surface area contributed by atoms with E-state index in [1.165, 1.54) is 44.9 Å². The van der Waals surface area contributed by atoms with Gasteiger partial charge in [0.2, 0.25) is 0 Å². The second kappa shape index (κ2) is 7.30. The van der Waals surface area contributed by atoms with E-state index in [1.807, 2.05) is 4.68 Å². The molecule has 1 aromatic rings. The molecule has 0 aliphatic heterocycles. The molecule has 1 fully saturated rings. The predicted octanol–water partition coefficient (Wildman–Crippen LogP) is 4.31. The highest BCUT2D eigenvalue weighted by Crippen LogP contribution is 2.34. The highest BCUT2D eigenvalue weighted by atomic mass is 35.5. The maximum absolute atomic E-state index is 6.52. The second-order valence-electron chi connectivity index (χ2n) is 5.73. The Labute approximate surface area is 121 Å². The molecule has 1 atom stereocenters. The Morgan fingerprint density at radius 2 is 1.95 bits per heavy atom. The summed E-state index contributed by atoms with van der Waals surface area (Å²) in [4.78, 5) is 0. The van der Waals surface area contributed by atoms with Crippen LogP contribution in [-0.4, -0.2) is 9.78 Å². The molecule has 1 aliphatic carbocycles. The van der Waals surface area contributed by atoms with Crippen molar-refractivity contribution in [2.75, 3.05) is 0 Å². The Morgan fingerprint density at radius 3 is 2.58 bits per heavy atom. The molecular weight excluding hydrogens is 258 g/mol. The maximum atomic E-state index is 6.52. The van der Waals surface area contributed by atoms with Crippen LogP contribution in [0.5, 0.6) is 0 Å². The lowest BCUT2D eigenvalue weighted by molar-refractivity contribution is 0.315. The zero-order chi connectivity index (χ0) is 13.7. The quantitative estimate of drug-likeness (QED) is 0.895. The van der Waals surface area contributed by atoms with Crippen LogP contribution in [0.2, 0.25) is 5.02 Å². The van der Waals surface area contributed by atoms with Gasteiger partial charge in [0, 0.05) is 6.54 Å². The van der Waals surface area contributed by atoms with Crippen molar-refractivity contribution in [3.63, 3.8) is 0 Å². The van der Waals surface area contributed by atoms with Gasteiger partial charge in [-0.15, -0.1) is 0 Å². The molecule has 0 radical (unpaired) electrons. The van der Waals surface area contributed by atoms with E-state index < -0.39 is 0 Å². The van der Waals surface area contributed by atoms with Crippen LogP contribution in [0.15, 0.2) is 6.20 Å². The molecule has 0 amide bonds. The standard InChI is InChI=1S/C15H26ClN3/c1-2-10-19-15(13(16)11-18-19)14(17)12-8-6-4-3-5-7-9-12/h11-12,14H,2-10,17H2,1H3. The average Bonchev–Trinajstić information content (AvgIpc) is 2.70. The molecule has 108 valence electrons. The van der Waals surface area contributed by atoms with Crippen LogP contribution in [0.3, 0.4) is 0 Å². The van der Waals surface area contributed by atoms with Crippen molar-refractivity contribution in [1.29, 1.82) is 0 Å². The number of aromatic nitrogens is 2. The molecule has 2 N–H and O–H groups in total. The average molecular weight is 284 g/mol. The molecule has 0 bridgehead atoms. The molecule has 1 heterocycles. The van der Waals surface area contributed by atoms with Crippen molar-refractivity contribution in [2.24, 2.45) is 11.7 Å². The number of hydrogen-bond donors (Lipinski definition) is 1. The molecular formula is C15H26ClN3. The lowest BCUT2D eigenvalue weighted by atomic mass is 9.85. The van der Waals surface area contributed by atoms with Crippen molar-refractivity contribution < 1.29 is 0 Å². The maximum Gasteiger partial charge on any atom is 0.0834 e. The molecule has 1 aliphatic rings. The van der Waals surface area contributed by atoms with Gasteiger partial charge in [-0.05, 0) is 25.2 Å². The van der Waals surface area contributed by atoms with Crippen molar-refractivity contribution >= 4 is 11.6 Å². The van der Waals surface area contributed by atoms with Crippen molar-refractivity contribution in [3.05, 3.63) is 16.9 Å². The van der Waals surface area contributed by atoms with Crippen molar-refractivity contribution in [3.8, 4) is 0 Å². The summed E-state index contributed by atoms with van der Waals surface area (Å²) >= 11 is 6.30. The van der Waals surface area contributed by atoms with Gasteiger partial charge in [0.15, 0.2) is 0 Å². The Hall–Kier alpha value is -0.540. The van der Waals surface area contributed by atoms with Crippen LogP contribution in [0.25, 0.3) is 0 Å². The SMILES string of the molecule is CCCn1ncc(Cl)c1C(N)C1CCCCCCC1. The van der Waals surface area contributed by atoms with E-state index in [1.54, 1.807) is 6.20 Å². The monoisotopic (exact) mass is 283 g/mol. The third-order valence-corrected chi connectivity index (χ3v) is 4.53. The Bertz CT molecular complexity index is 381.